The molecule has 21 heavy (non-hydrogen) atoms. The molecule has 2 aromatic rings. The number of nitrogens with zero attached hydrogens (tertiary/aromatic N) is 1. The first-order chi connectivity index (χ1) is 9.81. The number of nitrogens with one attached hydrogen (secondary N) is 1. The normalized spacial score (nSPS) is 13.1. The van der Waals surface area contributed by atoms with E-state index < -0.39 is 21.8 Å². The van der Waals surface area contributed by atoms with Crippen molar-refractivity contribution in [2.24, 2.45) is 0 Å². The first kappa shape index (κ1) is 16.0. The van der Waals surface area contributed by atoms with Crippen LogP contribution in [0.2, 0.25) is 10.0 Å². The van der Waals surface area contributed by atoms with Crippen LogP contribution >= 0.6 is 23.2 Å². The number of phenolic OH excluding ortho intramolecular Hbond substituents is 1. The fourth-order valence-electron chi connectivity index (χ4n) is 1.74. The molecule has 0 spiro atoms. The molecule has 0 aliphatic carbocycles. The van der Waals surface area contributed by atoms with Gasteiger partial charge < -0.3 is 5.11 Å². The Kier molecular flexibility index (Phi) is 4.73. The number of sulfonamides is 1. The van der Waals surface area contributed by atoms with E-state index >= 15 is 0 Å². The summed E-state index contributed by atoms with van der Waals surface area (Å²) in [7, 11) is -3.99. The van der Waals surface area contributed by atoms with Gasteiger partial charge in [-0.3, -0.25) is 4.98 Å². The lowest BCUT2D eigenvalue weighted by atomic mass is 10.2. The third kappa shape index (κ3) is 3.65. The summed E-state index contributed by atoms with van der Waals surface area (Å²) in [4.78, 5) is 3.70. The summed E-state index contributed by atoms with van der Waals surface area (Å²) in [5.74, 6) is -0.540. The molecule has 0 amide bonds. The predicted octanol–water partition coefficient (Wildman–Crippen LogP) is 3.13. The molecule has 0 aliphatic heterocycles. The number of rotatable bonds is 4. The van der Waals surface area contributed by atoms with Crippen LogP contribution in [0.3, 0.4) is 0 Å². The van der Waals surface area contributed by atoms with E-state index in [9.17, 15) is 13.5 Å². The summed E-state index contributed by atoms with van der Waals surface area (Å²) >= 11 is 11.5. The first-order valence-corrected chi connectivity index (χ1v) is 8.16. The average Bonchev–Trinajstić information content (AvgIpc) is 2.43. The molecule has 2 rings (SSSR count). The van der Waals surface area contributed by atoms with Crippen molar-refractivity contribution in [3.63, 3.8) is 0 Å². The molecule has 0 fully saturated rings. The lowest BCUT2D eigenvalue weighted by molar-refractivity contribution is 0.457. The van der Waals surface area contributed by atoms with E-state index in [1.165, 1.54) is 6.07 Å². The van der Waals surface area contributed by atoms with Gasteiger partial charge in [0.1, 0.15) is 4.90 Å². The van der Waals surface area contributed by atoms with Crippen molar-refractivity contribution in [3.05, 3.63) is 52.3 Å². The third-order valence-electron chi connectivity index (χ3n) is 2.75. The number of aromatic nitrogens is 1. The van der Waals surface area contributed by atoms with Gasteiger partial charge in [0, 0.05) is 11.2 Å². The van der Waals surface area contributed by atoms with Crippen LogP contribution in [-0.4, -0.2) is 18.5 Å². The summed E-state index contributed by atoms with van der Waals surface area (Å²) in [6.07, 6.45) is 1.56. The van der Waals surface area contributed by atoms with E-state index in [1.807, 2.05) is 0 Å². The molecule has 1 heterocycles. The van der Waals surface area contributed by atoms with E-state index in [-0.39, 0.29) is 14.9 Å². The molecule has 1 atom stereocenters. The van der Waals surface area contributed by atoms with Gasteiger partial charge in [-0.1, -0.05) is 29.3 Å². The number of hydrogen-bond donors (Lipinski definition) is 2. The van der Waals surface area contributed by atoms with E-state index in [2.05, 4.69) is 9.71 Å². The largest absolute Gasteiger partial charge is 0.505 e. The Morgan fingerprint density at radius 1 is 1.29 bits per heavy atom. The second-order valence-corrected chi connectivity index (χ2v) is 6.86. The highest BCUT2D eigenvalue weighted by Gasteiger charge is 2.24. The zero-order chi connectivity index (χ0) is 15.6. The van der Waals surface area contributed by atoms with Crippen molar-refractivity contribution < 1.29 is 13.5 Å². The van der Waals surface area contributed by atoms with Crippen molar-refractivity contribution in [1.82, 2.24) is 9.71 Å². The second kappa shape index (κ2) is 6.19. The molecular formula is C13H12Cl2N2O3S. The molecule has 0 radical (unpaired) electrons. The summed E-state index contributed by atoms with van der Waals surface area (Å²) in [5, 5.41) is 9.80. The minimum atomic E-state index is -3.99. The maximum absolute atomic E-state index is 12.3. The van der Waals surface area contributed by atoms with Gasteiger partial charge in [0.15, 0.2) is 5.75 Å². The quantitative estimate of drug-likeness (QED) is 0.891. The van der Waals surface area contributed by atoms with E-state index in [1.54, 1.807) is 31.3 Å². The average molecular weight is 347 g/mol. The SMILES string of the molecule is C[C@H](NS(=O)(=O)c1cc(Cl)cc(Cl)c1O)c1ccccn1. The molecule has 0 unspecified atom stereocenters. The molecule has 0 saturated heterocycles. The Bertz CT molecular complexity index is 752. The minimum absolute atomic E-state index is 0.115. The molecule has 8 heteroatoms. The minimum Gasteiger partial charge on any atom is -0.505 e. The Morgan fingerprint density at radius 2 is 2.00 bits per heavy atom. The highest BCUT2D eigenvalue weighted by molar-refractivity contribution is 7.89. The molecule has 1 aromatic carbocycles. The second-order valence-electron chi connectivity index (χ2n) is 4.33. The van der Waals surface area contributed by atoms with Gasteiger partial charge in [0.05, 0.1) is 16.8 Å². The lowest BCUT2D eigenvalue weighted by Crippen LogP contribution is -2.27. The molecule has 2 N–H and O–H groups in total. The highest BCUT2D eigenvalue weighted by atomic mass is 35.5. The summed E-state index contributed by atoms with van der Waals surface area (Å²) < 4.78 is 27.1. The van der Waals surface area contributed by atoms with Gasteiger partial charge in [-0.05, 0) is 31.2 Å². The zero-order valence-corrected chi connectivity index (χ0v) is 13.2. The van der Waals surface area contributed by atoms with Gasteiger partial charge in [0.2, 0.25) is 10.0 Å². The lowest BCUT2D eigenvalue weighted by Gasteiger charge is -2.15. The van der Waals surface area contributed by atoms with Crippen LogP contribution in [0.1, 0.15) is 18.7 Å². The fourth-order valence-corrected chi connectivity index (χ4v) is 3.71. The molecular weight excluding hydrogens is 335 g/mol. The predicted molar refractivity (Wildman–Crippen MR) is 81.1 cm³/mol. The number of halogens is 2. The molecule has 0 bridgehead atoms. The van der Waals surface area contributed by atoms with Crippen molar-refractivity contribution >= 4 is 33.2 Å². The van der Waals surface area contributed by atoms with Crippen LogP contribution in [0.25, 0.3) is 0 Å². The summed E-state index contributed by atoms with van der Waals surface area (Å²) in [5.41, 5.74) is 0.550. The third-order valence-corrected chi connectivity index (χ3v) is 4.81. The summed E-state index contributed by atoms with van der Waals surface area (Å²) in [6, 6.07) is 7.00. The van der Waals surface area contributed by atoms with Crippen molar-refractivity contribution in [2.45, 2.75) is 17.9 Å². The highest BCUT2D eigenvalue weighted by Crippen LogP contribution is 2.34. The molecule has 0 saturated carbocycles. The Balaban J connectivity index is 2.35. The van der Waals surface area contributed by atoms with Crippen LogP contribution in [0.5, 0.6) is 5.75 Å². The number of pyridine rings is 1. The fraction of sp³-hybridized carbons (Fsp3) is 0.154. The van der Waals surface area contributed by atoms with Crippen molar-refractivity contribution in [1.29, 1.82) is 0 Å². The molecule has 5 nitrogen and oxygen atoms in total. The van der Waals surface area contributed by atoms with Crippen molar-refractivity contribution in [3.8, 4) is 5.75 Å². The smallest absolute Gasteiger partial charge is 0.244 e. The topological polar surface area (TPSA) is 79.3 Å². The van der Waals surface area contributed by atoms with Crippen LogP contribution in [-0.2, 0) is 10.0 Å². The van der Waals surface area contributed by atoms with Gasteiger partial charge in [-0.2, -0.15) is 0 Å². The van der Waals surface area contributed by atoms with E-state index in [4.69, 9.17) is 23.2 Å². The zero-order valence-electron chi connectivity index (χ0n) is 10.9. The van der Waals surface area contributed by atoms with E-state index in [0.717, 1.165) is 6.07 Å². The molecule has 112 valence electrons. The summed E-state index contributed by atoms with van der Waals surface area (Å²) in [6.45, 7) is 1.64. The number of hydrogen-bond acceptors (Lipinski definition) is 4. The Morgan fingerprint density at radius 3 is 2.62 bits per heavy atom. The van der Waals surface area contributed by atoms with E-state index in [0.29, 0.717) is 5.69 Å². The maximum Gasteiger partial charge on any atom is 0.244 e. The standard InChI is InChI=1S/C13H12Cl2N2O3S/c1-8(11-4-2-3-5-16-11)17-21(19,20)12-7-9(14)6-10(15)13(12)18/h2-8,17-18H,1H3/t8-/m0/s1. The molecule has 0 aliphatic rings. The van der Waals surface area contributed by atoms with Crippen LogP contribution in [0, 0.1) is 0 Å². The van der Waals surface area contributed by atoms with Gasteiger partial charge in [-0.25, -0.2) is 13.1 Å². The van der Waals surface area contributed by atoms with Crippen LogP contribution < -0.4 is 4.72 Å². The molecule has 1 aromatic heterocycles. The van der Waals surface area contributed by atoms with Crippen molar-refractivity contribution in [2.75, 3.05) is 0 Å². The number of phenols is 1. The van der Waals surface area contributed by atoms with Crippen LogP contribution in [0.15, 0.2) is 41.4 Å². The number of aromatic hydroxyl groups is 1. The monoisotopic (exact) mass is 346 g/mol. The number of benzene rings is 1. The Hall–Kier alpha value is -1.34. The van der Waals surface area contributed by atoms with Crippen LogP contribution in [0.4, 0.5) is 0 Å². The Labute approximate surface area is 132 Å². The van der Waals surface area contributed by atoms with Gasteiger partial charge >= 0.3 is 0 Å². The first-order valence-electron chi connectivity index (χ1n) is 5.92. The van der Waals surface area contributed by atoms with Gasteiger partial charge in [-0.15, -0.1) is 0 Å². The van der Waals surface area contributed by atoms with Gasteiger partial charge in [0.25, 0.3) is 0 Å². The maximum atomic E-state index is 12.3.